The van der Waals surface area contributed by atoms with Gasteiger partial charge in [-0.05, 0) is 19.4 Å². The monoisotopic (exact) mass is 253 g/mol. The summed E-state index contributed by atoms with van der Waals surface area (Å²) in [5.74, 6) is 2.01. The first-order chi connectivity index (χ1) is 6.99. The largest absolute Gasteiger partial charge is 0.313 e. The van der Waals surface area contributed by atoms with Crippen molar-refractivity contribution in [1.29, 1.82) is 0 Å². The maximum Gasteiger partial charge on any atom is 0.148 e. The third-order valence-electron chi connectivity index (χ3n) is 2.09. The maximum atomic E-state index is 10.9. The van der Waals surface area contributed by atoms with E-state index in [9.17, 15) is 8.42 Å². The highest BCUT2D eigenvalue weighted by atomic mass is 32.2. The van der Waals surface area contributed by atoms with E-state index in [0.717, 1.165) is 25.1 Å². The summed E-state index contributed by atoms with van der Waals surface area (Å²) >= 11 is 1.72. The van der Waals surface area contributed by atoms with Crippen LogP contribution in [0.5, 0.6) is 0 Å². The molecular weight excluding hydrogens is 230 g/mol. The van der Waals surface area contributed by atoms with Crippen molar-refractivity contribution in [3.8, 4) is 0 Å². The summed E-state index contributed by atoms with van der Waals surface area (Å²) in [6.07, 6.45) is 3.54. The van der Waals surface area contributed by atoms with Crippen molar-refractivity contribution in [2.24, 2.45) is 0 Å². The predicted molar refractivity (Wildman–Crippen MR) is 69.4 cm³/mol. The molecule has 0 aromatic heterocycles. The number of sulfone groups is 1. The second kappa shape index (κ2) is 8.42. The zero-order chi connectivity index (χ0) is 11.7. The molecule has 0 spiro atoms. The van der Waals surface area contributed by atoms with Crippen molar-refractivity contribution < 1.29 is 8.42 Å². The lowest BCUT2D eigenvalue weighted by atomic mass is 10.2. The quantitative estimate of drug-likeness (QED) is 0.633. The van der Waals surface area contributed by atoms with Gasteiger partial charge in [-0.25, -0.2) is 8.42 Å². The molecule has 0 bridgehead atoms. The van der Waals surface area contributed by atoms with Gasteiger partial charge in [0.15, 0.2) is 0 Å². The highest BCUT2D eigenvalue weighted by Crippen LogP contribution is 2.06. The van der Waals surface area contributed by atoms with E-state index < -0.39 is 9.84 Å². The molecular formula is C10H23NO2S2. The van der Waals surface area contributed by atoms with Crippen molar-refractivity contribution in [3.05, 3.63) is 0 Å². The van der Waals surface area contributed by atoms with Crippen LogP contribution in [-0.4, -0.2) is 44.5 Å². The summed E-state index contributed by atoms with van der Waals surface area (Å²) in [7, 11) is -2.79. The Morgan fingerprint density at radius 1 is 1.33 bits per heavy atom. The lowest BCUT2D eigenvalue weighted by molar-refractivity contribution is 0.539. The molecule has 0 aliphatic rings. The second-order valence-electron chi connectivity index (χ2n) is 3.76. The van der Waals surface area contributed by atoms with Crippen molar-refractivity contribution in [2.45, 2.75) is 32.7 Å². The zero-order valence-electron chi connectivity index (χ0n) is 9.95. The molecule has 0 radical (unpaired) electrons. The van der Waals surface area contributed by atoms with Gasteiger partial charge in [0.2, 0.25) is 0 Å². The molecule has 0 aromatic carbocycles. The van der Waals surface area contributed by atoms with E-state index in [0.29, 0.717) is 17.5 Å². The first-order valence-electron chi connectivity index (χ1n) is 5.48. The fraction of sp³-hybridized carbons (Fsp3) is 1.00. The predicted octanol–water partition coefficient (Wildman–Crippen LogP) is 1.54. The van der Waals surface area contributed by atoms with Gasteiger partial charge >= 0.3 is 0 Å². The molecule has 1 unspecified atom stereocenters. The maximum absolute atomic E-state index is 10.9. The SMILES string of the molecule is CCCNC(CC)CSCCS(C)(=O)=O. The van der Waals surface area contributed by atoms with Crippen LogP contribution in [0.25, 0.3) is 0 Å². The molecule has 0 aromatic rings. The second-order valence-corrected chi connectivity index (χ2v) is 7.17. The van der Waals surface area contributed by atoms with Gasteiger partial charge in [0.25, 0.3) is 0 Å². The van der Waals surface area contributed by atoms with E-state index in [4.69, 9.17) is 0 Å². The van der Waals surface area contributed by atoms with Crippen molar-refractivity contribution >= 4 is 21.6 Å². The third-order valence-corrected chi connectivity index (χ3v) is 4.43. The normalized spacial score (nSPS) is 14.1. The molecule has 5 heteroatoms. The lowest BCUT2D eigenvalue weighted by Crippen LogP contribution is -2.31. The van der Waals surface area contributed by atoms with Crippen LogP contribution in [0.15, 0.2) is 0 Å². The molecule has 0 saturated heterocycles. The van der Waals surface area contributed by atoms with E-state index in [2.05, 4.69) is 19.2 Å². The van der Waals surface area contributed by atoms with E-state index in [1.165, 1.54) is 6.26 Å². The smallest absolute Gasteiger partial charge is 0.148 e. The van der Waals surface area contributed by atoms with Crippen molar-refractivity contribution in [3.63, 3.8) is 0 Å². The molecule has 15 heavy (non-hydrogen) atoms. The van der Waals surface area contributed by atoms with Crippen molar-refractivity contribution in [2.75, 3.05) is 30.1 Å². The molecule has 0 saturated carbocycles. The van der Waals surface area contributed by atoms with E-state index in [1.54, 1.807) is 11.8 Å². The molecule has 0 fully saturated rings. The summed E-state index contributed by atoms with van der Waals surface area (Å²) in [4.78, 5) is 0. The van der Waals surface area contributed by atoms with Gasteiger partial charge in [-0.3, -0.25) is 0 Å². The topological polar surface area (TPSA) is 46.2 Å². The van der Waals surface area contributed by atoms with Crippen LogP contribution in [-0.2, 0) is 9.84 Å². The van der Waals surface area contributed by atoms with E-state index >= 15 is 0 Å². The summed E-state index contributed by atoms with van der Waals surface area (Å²) in [6.45, 7) is 5.35. The summed E-state index contributed by atoms with van der Waals surface area (Å²) < 4.78 is 21.8. The van der Waals surface area contributed by atoms with Crippen LogP contribution in [0.1, 0.15) is 26.7 Å². The fourth-order valence-corrected chi connectivity index (χ4v) is 3.59. The Morgan fingerprint density at radius 2 is 2.00 bits per heavy atom. The number of hydrogen-bond donors (Lipinski definition) is 1. The Bertz CT molecular complexity index is 240. The third kappa shape index (κ3) is 10.5. The van der Waals surface area contributed by atoms with Gasteiger partial charge in [0.1, 0.15) is 9.84 Å². The lowest BCUT2D eigenvalue weighted by Gasteiger charge is -2.15. The molecule has 0 rings (SSSR count). The van der Waals surface area contributed by atoms with Gasteiger partial charge in [-0.2, -0.15) is 11.8 Å². The number of thioether (sulfide) groups is 1. The molecule has 1 atom stereocenters. The first kappa shape index (κ1) is 15.3. The van der Waals surface area contributed by atoms with Crippen LogP contribution in [0.3, 0.4) is 0 Å². The Hall–Kier alpha value is 0.260. The van der Waals surface area contributed by atoms with E-state index in [-0.39, 0.29) is 0 Å². The zero-order valence-corrected chi connectivity index (χ0v) is 11.6. The fourth-order valence-electron chi connectivity index (χ4n) is 1.11. The Labute approximate surface area is 98.3 Å². The number of rotatable bonds is 9. The molecule has 92 valence electrons. The molecule has 0 aliphatic heterocycles. The highest BCUT2D eigenvalue weighted by Gasteiger charge is 2.06. The minimum Gasteiger partial charge on any atom is -0.313 e. The summed E-state index contributed by atoms with van der Waals surface area (Å²) in [5.41, 5.74) is 0. The van der Waals surface area contributed by atoms with E-state index in [1.807, 2.05) is 0 Å². The van der Waals surface area contributed by atoms with Gasteiger partial charge < -0.3 is 5.32 Å². The minimum atomic E-state index is -2.79. The molecule has 0 aliphatic carbocycles. The van der Waals surface area contributed by atoms with Crippen LogP contribution in [0, 0.1) is 0 Å². The molecule has 3 nitrogen and oxygen atoms in total. The van der Waals surface area contributed by atoms with Crippen LogP contribution in [0.4, 0.5) is 0 Å². The summed E-state index contributed by atoms with van der Waals surface area (Å²) in [6, 6.07) is 0.523. The molecule has 0 amide bonds. The molecule has 0 heterocycles. The van der Waals surface area contributed by atoms with Gasteiger partial charge in [0, 0.05) is 23.8 Å². The van der Waals surface area contributed by atoms with Crippen LogP contribution >= 0.6 is 11.8 Å². The Balaban J connectivity index is 3.54. The average molecular weight is 253 g/mol. The molecule has 1 N–H and O–H groups in total. The summed E-state index contributed by atoms with van der Waals surface area (Å²) in [5, 5.41) is 3.45. The van der Waals surface area contributed by atoms with Crippen LogP contribution < -0.4 is 5.32 Å². The first-order valence-corrected chi connectivity index (χ1v) is 8.70. The van der Waals surface area contributed by atoms with Gasteiger partial charge in [0.05, 0.1) is 5.75 Å². The Morgan fingerprint density at radius 3 is 2.47 bits per heavy atom. The number of nitrogens with one attached hydrogen (secondary N) is 1. The van der Waals surface area contributed by atoms with Gasteiger partial charge in [-0.1, -0.05) is 13.8 Å². The van der Waals surface area contributed by atoms with Crippen LogP contribution in [0.2, 0.25) is 0 Å². The average Bonchev–Trinajstić information content (AvgIpc) is 2.15. The Kier molecular flexibility index (Phi) is 8.56. The number of hydrogen-bond acceptors (Lipinski definition) is 4. The van der Waals surface area contributed by atoms with Crippen molar-refractivity contribution in [1.82, 2.24) is 5.32 Å². The van der Waals surface area contributed by atoms with Gasteiger partial charge in [-0.15, -0.1) is 0 Å². The standard InChI is InChI=1S/C10H23NO2S2/c1-4-6-11-10(5-2)9-14-7-8-15(3,12)13/h10-11H,4-9H2,1-3H3. The minimum absolute atomic E-state index is 0.294. The highest BCUT2D eigenvalue weighted by molar-refractivity contribution is 8.00.